The lowest BCUT2D eigenvalue weighted by molar-refractivity contribution is 0.104. The Hall–Kier alpha value is -3.53. The van der Waals surface area contributed by atoms with Crippen molar-refractivity contribution in [1.29, 1.82) is 0 Å². The Labute approximate surface area is 178 Å². The van der Waals surface area contributed by atoms with Crippen LogP contribution in [0.5, 0.6) is 17.2 Å². The van der Waals surface area contributed by atoms with Crippen molar-refractivity contribution in [1.82, 2.24) is 0 Å². The molecule has 0 aliphatic rings. The number of allylic oxidation sites excluding steroid dienone is 1. The van der Waals surface area contributed by atoms with Crippen LogP contribution in [0, 0.1) is 0 Å². The molecule has 30 heavy (non-hydrogen) atoms. The zero-order valence-corrected chi connectivity index (χ0v) is 17.8. The third-order valence-corrected chi connectivity index (χ3v) is 4.67. The van der Waals surface area contributed by atoms with E-state index in [9.17, 15) is 4.79 Å². The lowest BCUT2D eigenvalue weighted by Crippen LogP contribution is -2.11. The van der Waals surface area contributed by atoms with Crippen LogP contribution in [0.25, 0.3) is 0 Å². The van der Waals surface area contributed by atoms with Gasteiger partial charge in [-0.15, -0.1) is 0 Å². The van der Waals surface area contributed by atoms with Crippen LogP contribution in [0.3, 0.4) is 0 Å². The van der Waals surface area contributed by atoms with Crippen LogP contribution < -0.4 is 14.8 Å². The van der Waals surface area contributed by atoms with E-state index in [-0.39, 0.29) is 11.2 Å². The van der Waals surface area contributed by atoms with E-state index in [1.165, 1.54) is 11.6 Å². The Balaban J connectivity index is 1.55. The average Bonchev–Trinajstić information content (AvgIpc) is 2.75. The van der Waals surface area contributed by atoms with Crippen molar-refractivity contribution in [2.24, 2.45) is 0 Å². The normalized spacial score (nSPS) is 11.3. The van der Waals surface area contributed by atoms with Crippen LogP contribution >= 0.6 is 0 Å². The lowest BCUT2D eigenvalue weighted by Gasteiger charge is -2.18. The molecule has 0 amide bonds. The summed E-state index contributed by atoms with van der Waals surface area (Å²) in [5, 5.41) is 3.11. The third-order valence-electron chi connectivity index (χ3n) is 4.67. The van der Waals surface area contributed by atoms with E-state index >= 15 is 0 Å². The number of rotatable bonds is 7. The number of carbonyl (C=O) groups excluding carboxylic acids is 1. The number of nitrogens with one attached hydrogen (secondary N) is 1. The molecule has 0 fully saturated rings. The zero-order chi connectivity index (χ0) is 21.6. The van der Waals surface area contributed by atoms with E-state index in [2.05, 4.69) is 26.1 Å². The maximum atomic E-state index is 12.3. The van der Waals surface area contributed by atoms with Crippen LogP contribution in [0.15, 0.2) is 85.1 Å². The van der Waals surface area contributed by atoms with Crippen LogP contribution in [-0.2, 0) is 5.41 Å². The SMILES string of the molecule is COc1ccc(Oc2ccc(N/C=C/C(=O)c3ccc(C(C)(C)C)cc3)cc2)cc1. The van der Waals surface area contributed by atoms with Gasteiger partial charge in [0.15, 0.2) is 5.78 Å². The molecule has 0 aliphatic carbocycles. The fourth-order valence-electron chi connectivity index (χ4n) is 2.84. The van der Waals surface area contributed by atoms with Crippen molar-refractivity contribution < 1.29 is 14.3 Å². The van der Waals surface area contributed by atoms with Crippen LogP contribution in [0.1, 0.15) is 36.7 Å². The molecule has 3 rings (SSSR count). The molecule has 0 unspecified atom stereocenters. The Morgan fingerprint density at radius 2 is 1.33 bits per heavy atom. The highest BCUT2D eigenvalue weighted by molar-refractivity contribution is 6.04. The molecule has 0 saturated heterocycles. The Morgan fingerprint density at radius 3 is 1.87 bits per heavy atom. The Bertz CT molecular complexity index is 996. The van der Waals surface area contributed by atoms with Gasteiger partial charge >= 0.3 is 0 Å². The molecule has 0 heterocycles. The first-order valence-electron chi connectivity index (χ1n) is 9.85. The molecule has 3 aromatic carbocycles. The molecule has 0 spiro atoms. The summed E-state index contributed by atoms with van der Waals surface area (Å²) < 4.78 is 11.0. The van der Waals surface area contributed by atoms with E-state index in [1.54, 1.807) is 13.3 Å². The minimum atomic E-state index is -0.0394. The summed E-state index contributed by atoms with van der Waals surface area (Å²) in [6.45, 7) is 6.46. The zero-order valence-electron chi connectivity index (χ0n) is 17.8. The van der Waals surface area contributed by atoms with Crippen LogP contribution in [0.4, 0.5) is 5.69 Å². The predicted octanol–water partition coefficient (Wildman–Crippen LogP) is 6.59. The molecule has 0 aromatic heterocycles. The summed E-state index contributed by atoms with van der Waals surface area (Å²) in [7, 11) is 1.63. The Kier molecular flexibility index (Phi) is 6.58. The molecule has 3 aromatic rings. The van der Waals surface area contributed by atoms with Gasteiger partial charge in [-0.2, -0.15) is 0 Å². The molecule has 4 heteroatoms. The topological polar surface area (TPSA) is 47.6 Å². The largest absolute Gasteiger partial charge is 0.497 e. The van der Waals surface area contributed by atoms with Gasteiger partial charge in [-0.3, -0.25) is 4.79 Å². The van der Waals surface area contributed by atoms with Crippen molar-refractivity contribution in [2.45, 2.75) is 26.2 Å². The minimum absolute atomic E-state index is 0.0394. The van der Waals surface area contributed by atoms with Gasteiger partial charge in [0, 0.05) is 23.5 Å². The van der Waals surface area contributed by atoms with Gasteiger partial charge < -0.3 is 14.8 Å². The second kappa shape index (κ2) is 9.31. The highest BCUT2D eigenvalue weighted by atomic mass is 16.5. The number of anilines is 1. The number of carbonyl (C=O) groups is 1. The molecular weight excluding hydrogens is 374 g/mol. The van der Waals surface area contributed by atoms with E-state index in [0.717, 1.165) is 22.9 Å². The van der Waals surface area contributed by atoms with Gasteiger partial charge in [-0.25, -0.2) is 0 Å². The molecule has 0 atom stereocenters. The minimum Gasteiger partial charge on any atom is -0.497 e. The van der Waals surface area contributed by atoms with Crippen molar-refractivity contribution >= 4 is 11.5 Å². The summed E-state index contributed by atoms with van der Waals surface area (Å²) in [5.41, 5.74) is 2.81. The van der Waals surface area contributed by atoms with Crippen molar-refractivity contribution in [3.63, 3.8) is 0 Å². The summed E-state index contributed by atoms with van der Waals surface area (Å²) in [5.74, 6) is 2.21. The molecule has 0 bridgehead atoms. The van der Waals surface area contributed by atoms with Gasteiger partial charge in [0.25, 0.3) is 0 Å². The fraction of sp³-hybridized carbons (Fsp3) is 0.192. The quantitative estimate of drug-likeness (QED) is 0.358. The summed E-state index contributed by atoms with van der Waals surface area (Å²) in [6.07, 6.45) is 3.19. The van der Waals surface area contributed by atoms with Gasteiger partial charge in [0.1, 0.15) is 17.2 Å². The number of ketones is 1. The van der Waals surface area contributed by atoms with E-state index in [4.69, 9.17) is 9.47 Å². The van der Waals surface area contributed by atoms with Crippen molar-refractivity contribution in [3.05, 3.63) is 96.2 Å². The van der Waals surface area contributed by atoms with Crippen molar-refractivity contribution in [2.75, 3.05) is 12.4 Å². The first kappa shape index (κ1) is 21.2. The number of hydrogen-bond donors (Lipinski definition) is 1. The number of benzene rings is 3. The molecular formula is C26H27NO3. The molecule has 0 aliphatic heterocycles. The monoisotopic (exact) mass is 401 g/mol. The van der Waals surface area contributed by atoms with E-state index in [1.807, 2.05) is 72.8 Å². The van der Waals surface area contributed by atoms with Gasteiger partial charge in [-0.1, -0.05) is 45.0 Å². The number of methoxy groups -OCH3 is 1. The molecule has 0 radical (unpaired) electrons. The molecule has 0 saturated carbocycles. The van der Waals surface area contributed by atoms with Crippen LogP contribution in [-0.4, -0.2) is 12.9 Å². The highest BCUT2D eigenvalue weighted by Crippen LogP contribution is 2.25. The smallest absolute Gasteiger partial charge is 0.187 e. The maximum absolute atomic E-state index is 12.3. The average molecular weight is 402 g/mol. The number of ether oxygens (including phenoxy) is 2. The van der Waals surface area contributed by atoms with Crippen LogP contribution in [0.2, 0.25) is 0 Å². The third kappa shape index (κ3) is 5.74. The predicted molar refractivity (Wildman–Crippen MR) is 122 cm³/mol. The van der Waals surface area contributed by atoms with Gasteiger partial charge in [0.05, 0.1) is 7.11 Å². The first-order valence-corrected chi connectivity index (χ1v) is 9.85. The van der Waals surface area contributed by atoms with Crippen molar-refractivity contribution in [3.8, 4) is 17.2 Å². The highest BCUT2D eigenvalue weighted by Gasteiger charge is 2.13. The molecule has 1 N–H and O–H groups in total. The lowest BCUT2D eigenvalue weighted by atomic mass is 9.86. The number of hydrogen-bond acceptors (Lipinski definition) is 4. The summed E-state index contributed by atoms with van der Waals surface area (Å²) in [4.78, 5) is 12.3. The first-order chi connectivity index (χ1) is 14.3. The summed E-state index contributed by atoms with van der Waals surface area (Å²) >= 11 is 0. The second-order valence-electron chi connectivity index (χ2n) is 7.97. The maximum Gasteiger partial charge on any atom is 0.187 e. The fourth-order valence-corrected chi connectivity index (χ4v) is 2.84. The second-order valence-corrected chi connectivity index (χ2v) is 7.97. The standard InChI is InChI=1S/C26H27NO3/c1-26(2,3)20-7-5-19(6-8-20)25(28)17-18-27-21-9-11-23(12-10-21)30-24-15-13-22(29-4)14-16-24/h5-18,27H,1-4H3/b18-17+. The Morgan fingerprint density at radius 1 is 0.800 bits per heavy atom. The summed E-state index contributed by atoms with van der Waals surface area (Å²) in [6, 6.07) is 22.7. The molecule has 154 valence electrons. The van der Waals surface area contributed by atoms with E-state index in [0.29, 0.717) is 5.56 Å². The molecule has 4 nitrogen and oxygen atoms in total. The van der Waals surface area contributed by atoms with Gasteiger partial charge in [0.2, 0.25) is 0 Å². The van der Waals surface area contributed by atoms with Gasteiger partial charge in [-0.05, 0) is 59.5 Å². The van der Waals surface area contributed by atoms with E-state index < -0.39 is 0 Å².